The number of thiophene rings is 1. The molecule has 0 atom stereocenters. The third kappa shape index (κ3) is 3.79. The molecule has 0 radical (unpaired) electrons. The van der Waals surface area contributed by atoms with Crippen molar-refractivity contribution in [3.05, 3.63) is 46.0 Å². The maximum Gasteiger partial charge on any atom is 0.435 e. The quantitative estimate of drug-likeness (QED) is 0.596. The van der Waals surface area contributed by atoms with Crippen molar-refractivity contribution < 1.29 is 31.1 Å². The first-order valence-electron chi connectivity index (χ1n) is 6.84. The van der Waals surface area contributed by atoms with Crippen molar-refractivity contribution in [2.24, 2.45) is 0 Å². The second-order valence-electron chi connectivity index (χ2n) is 5.05. The molecule has 3 rings (SSSR count). The van der Waals surface area contributed by atoms with Crippen LogP contribution < -0.4 is 4.74 Å². The van der Waals surface area contributed by atoms with Crippen LogP contribution in [0, 0.1) is 6.92 Å². The van der Waals surface area contributed by atoms with Gasteiger partial charge in [-0.15, -0.1) is 11.3 Å². The number of alkyl halides is 6. The molecule has 0 aliphatic rings. The predicted octanol–water partition coefficient (Wildman–Crippen LogP) is 4.86. The van der Waals surface area contributed by atoms with Gasteiger partial charge in [0.1, 0.15) is 10.6 Å². The molecule has 26 heavy (non-hydrogen) atoms. The minimum atomic E-state index is -4.63. The van der Waals surface area contributed by atoms with Crippen LogP contribution in [-0.2, 0) is 12.4 Å². The van der Waals surface area contributed by atoms with Gasteiger partial charge in [0, 0.05) is 29.4 Å². The third-order valence-corrected chi connectivity index (χ3v) is 4.02. The second kappa shape index (κ2) is 6.27. The molecule has 0 N–H and O–H groups in total. The van der Waals surface area contributed by atoms with Crippen molar-refractivity contribution in [2.75, 3.05) is 0 Å². The SMILES string of the molecule is Cc1cnc(-n2ccc(C(F)(F)F)n2)nc1Oc1csc(C(F)(F)F)c1. The molecule has 0 bridgehead atoms. The van der Waals surface area contributed by atoms with Crippen LogP contribution in [0.2, 0.25) is 0 Å². The van der Waals surface area contributed by atoms with Crippen LogP contribution in [0.15, 0.2) is 29.9 Å². The largest absolute Gasteiger partial charge is 0.438 e. The maximum atomic E-state index is 12.6. The highest BCUT2D eigenvalue weighted by Crippen LogP contribution is 2.38. The van der Waals surface area contributed by atoms with Crippen LogP contribution in [-0.4, -0.2) is 19.7 Å². The number of hydrogen-bond acceptors (Lipinski definition) is 5. The molecular formula is C14H8F6N4OS. The Bertz CT molecular complexity index is 930. The van der Waals surface area contributed by atoms with Crippen molar-refractivity contribution in [3.8, 4) is 17.6 Å². The summed E-state index contributed by atoms with van der Waals surface area (Å²) in [5.41, 5.74) is -0.742. The minimum Gasteiger partial charge on any atom is -0.438 e. The van der Waals surface area contributed by atoms with Gasteiger partial charge in [-0.05, 0) is 13.0 Å². The number of nitrogens with zero attached hydrogens (tertiary/aromatic N) is 4. The molecule has 0 aromatic carbocycles. The van der Waals surface area contributed by atoms with Gasteiger partial charge < -0.3 is 4.74 Å². The number of hydrogen-bond donors (Lipinski definition) is 0. The van der Waals surface area contributed by atoms with E-state index >= 15 is 0 Å². The van der Waals surface area contributed by atoms with Crippen LogP contribution in [0.25, 0.3) is 5.95 Å². The van der Waals surface area contributed by atoms with E-state index in [1.807, 2.05) is 0 Å². The Hall–Kier alpha value is -2.63. The number of halogens is 6. The van der Waals surface area contributed by atoms with Crippen LogP contribution in [0.5, 0.6) is 11.6 Å². The van der Waals surface area contributed by atoms with Gasteiger partial charge in [-0.3, -0.25) is 0 Å². The minimum absolute atomic E-state index is 0.0912. The van der Waals surface area contributed by atoms with Gasteiger partial charge in [0.2, 0.25) is 5.88 Å². The first kappa shape index (κ1) is 18.2. The lowest BCUT2D eigenvalue weighted by Gasteiger charge is -2.08. The molecule has 3 aromatic rings. The summed E-state index contributed by atoms with van der Waals surface area (Å²) in [7, 11) is 0. The summed E-state index contributed by atoms with van der Waals surface area (Å²) < 4.78 is 81.8. The highest BCUT2D eigenvalue weighted by Gasteiger charge is 2.34. The monoisotopic (exact) mass is 394 g/mol. The highest BCUT2D eigenvalue weighted by atomic mass is 32.1. The van der Waals surface area contributed by atoms with Gasteiger partial charge in [0.15, 0.2) is 5.69 Å². The van der Waals surface area contributed by atoms with Crippen molar-refractivity contribution >= 4 is 11.3 Å². The van der Waals surface area contributed by atoms with E-state index < -0.39 is 22.9 Å². The van der Waals surface area contributed by atoms with Gasteiger partial charge >= 0.3 is 12.4 Å². The molecular weight excluding hydrogens is 386 g/mol. The zero-order chi connectivity index (χ0) is 19.1. The fraction of sp³-hybridized carbons (Fsp3) is 0.214. The van der Waals surface area contributed by atoms with Crippen LogP contribution in [0.3, 0.4) is 0 Å². The van der Waals surface area contributed by atoms with E-state index in [1.165, 1.54) is 6.20 Å². The Morgan fingerprint density at radius 2 is 1.85 bits per heavy atom. The summed E-state index contributed by atoms with van der Waals surface area (Å²) in [5, 5.41) is 4.48. The van der Waals surface area contributed by atoms with E-state index in [2.05, 4.69) is 15.1 Å². The molecule has 138 valence electrons. The second-order valence-corrected chi connectivity index (χ2v) is 5.96. The van der Waals surface area contributed by atoms with Crippen LogP contribution >= 0.6 is 11.3 Å². The summed E-state index contributed by atoms with van der Waals surface area (Å²) >= 11 is 0.452. The van der Waals surface area contributed by atoms with Gasteiger partial charge in [-0.1, -0.05) is 0 Å². The lowest BCUT2D eigenvalue weighted by atomic mass is 10.4. The molecule has 3 heterocycles. The summed E-state index contributed by atoms with van der Waals surface area (Å²) in [6.07, 6.45) is -6.84. The molecule has 0 saturated heterocycles. The van der Waals surface area contributed by atoms with E-state index in [1.54, 1.807) is 6.92 Å². The lowest BCUT2D eigenvalue weighted by molar-refractivity contribution is -0.141. The molecule has 5 nitrogen and oxygen atoms in total. The smallest absolute Gasteiger partial charge is 0.435 e. The van der Waals surface area contributed by atoms with Gasteiger partial charge in [0.25, 0.3) is 5.95 Å². The highest BCUT2D eigenvalue weighted by molar-refractivity contribution is 7.10. The number of rotatable bonds is 3. The maximum absolute atomic E-state index is 12.6. The third-order valence-electron chi connectivity index (χ3n) is 3.07. The summed E-state index contributed by atoms with van der Waals surface area (Å²) in [5.74, 6) is -0.399. The molecule has 0 spiro atoms. The van der Waals surface area contributed by atoms with E-state index in [4.69, 9.17) is 4.74 Å². The summed E-state index contributed by atoms with van der Waals surface area (Å²) in [6.45, 7) is 1.54. The van der Waals surface area contributed by atoms with Crippen LogP contribution in [0.1, 0.15) is 16.1 Å². The Kier molecular flexibility index (Phi) is 4.38. The van der Waals surface area contributed by atoms with Crippen molar-refractivity contribution in [3.63, 3.8) is 0 Å². The summed E-state index contributed by atoms with van der Waals surface area (Å²) in [6, 6.07) is 1.56. The van der Waals surface area contributed by atoms with Crippen molar-refractivity contribution in [1.29, 1.82) is 0 Å². The first-order chi connectivity index (χ1) is 12.0. The Balaban J connectivity index is 1.88. The number of ether oxygens (including phenoxy) is 1. The summed E-state index contributed by atoms with van der Waals surface area (Å²) in [4.78, 5) is 6.94. The Morgan fingerprint density at radius 1 is 1.12 bits per heavy atom. The van der Waals surface area contributed by atoms with Gasteiger partial charge in [-0.2, -0.15) is 36.4 Å². The zero-order valence-electron chi connectivity index (χ0n) is 12.8. The Morgan fingerprint density at radius 3 is 2.42 bits per heavy atom. The van der Waals surface area contributed by atoms with Gasteiger partial charge in [-0.25, -0.2) is 9.67 Å². The Labute approximate surface area is 145 Å². The topological polar surface area (TPSA) is 52.8 Å². The average Bonchev–Trinajstić information content (AvgIpc) is 3.17. The molecule has 0 amide bonds. The molecule has 0 aliphatic carbocycles. The van der Waals surface area contributed by atoms with E-state index in [9.17, 15) is 26.3 Å². The molecule has 0 fully saturated rings. The standard InChI is InChI=1S/C14H8F6N4OS/c1-7-5-21-12(24-3-2-9(23-24)13(15,16)17)22-11(7)25-8-4-10(26-6-8)14(18,19)20/h2-6H,1H3. The van der Waals surface area contributed by atoms with E-state index in [-0.39, 0.29) is 17.6 Å². The van der Waals surface area contributed by atoms with Crippen molar-refractivity contribution in [2.45, 2.75) is 19.3 Å². The van der Waals surface area contributed by atoms with E-state index in [0.717, 1.165) is 28.4 Å². The number of aryl methyl sites for hydroxylation is 1. The first-order valence-corrected chi connectivity index (χ1v) is 7.72. The normalized spacial score (nSPS) is 12.4. The molecule has 3 aromatic heterocycles. The lowest BCUT2D eigenvalue weighted by Crippen LogP contribution is -2.09. The molecule has 12 heteroatoms. The average molecular weight is 394 g/mol. The van der Waals surface area contributed by atoms with E-state index in [0.29, 0.717) is 16.9 Å². The molecule has 0 aliphatic heterocycles. The number of aromatic nitrogens is 4. The predicted molar refractivity (Wildman–Crippen MR) is 78.3 cm³/mol. The fourth-order valence-electron chi connectivity index (χ4n) is 1.85. The molecule has 0 saturated carbocycles. The van der Waals surface area contributed by atoms with Crippen LogP contribution in [0.4, 0.5) is 26.3 Å². The molecule has 0 unspecified atom stereocenters. The van der Waals surface area contributed by atoms with Crippen molar-refractivity contribution in [1.82, 2.24) is 19.7 Å². The van der Waals surface area contributed by atoms with Gasteiger partial charge in [0.05, 0.1) is 0 Å². The zero-order valence-corrected chi connectivity index (χ0v) is 13.6. The fourth-order valence-corrected chi connectivity index (χ4v) is 2.53.